The van der Waals surface area contributed by atoms with Gasteiger partial charge < -0.3 is 5.32 Å². The molecule has 1 fully saturated rings. The topological polar surface area (TPSA) is 71.1 Å². The zero-order valence-electron chi connectivity index (χ0n) is 12.8. The van der Waals surface area contributed by atoms with Crippen LogP contribution in [0.25, 0.3) is 0 Å². The van der Waals surface area contributed by atoms with Gasteiger partial charge in [0.15, 0.2) is 0 Å². The Bertz CT molecular complexity index is 560. The Morgan fingerprint density at radius 2 is 2.19 bits per heavy atom. The third-order valence-corrected chi connectivity index (χ3v) is 5.46. The number of rotatable bonds is 7. The largest absolute Gasteiger partial charge is 0.384 e. The number of hydrogen-bond donors (Lipinski definition) is 2. The number of nitrogens with zero attached hydrogens (tertiary/aromatic N) is 1. The van der Waals surface area contributed by atoms with Gasteiger partial charge in [-0.1, -0.05) is 20.3 Å². The minimum atomic E-state index is -3.50. The van der Waals surface area contributed by atoms with Crippen LogP contribution in [0.3, 0.4) is 0 Å². The molecule has 2 atom stereocenters. The lowest BCUT2D eigenvalue weighted by Gasteiger charge is -2.14. The van der Waals surface area contributed by atoms with E-state index in [2.05, 4.69) is 21.9 Å². The fraction of sp³-hybridized carbons (Fsp3) is 0.667. The minimum absolute atomic E-state index is 0.240. The van der Waals surface area contributed by atoms with E-state index < -0.39 is 10.0 Å². The van der Waals surface area contributed by atoms with E-state index in [0.29, 0.717) is 24.1 Å². The molecule has 2 rings (SSSR count). The van der Waals surface area contributed by atoms with Gasteiger partial charge in [-0.15, -0.1) is 0 Å². The molecule has 0 spiro atoms. The van der Waals surface area contributed by atoms with E-state index in [0.717, 1.165) is 25.8 Å². The van der Waals surface area contributed by atoms with Crippen LogP contribution in [0.5, 0.6) is 0 Å². The standard InChI is InChI=1S/C15H25N3O2S/c1-3-7-17-14-6-8-16-11-15(14)21(19,20)18-10-13-5-4-12(2)9-13/h6,8,11-13,18H,3-5,7,9-10H2,1-2H3,(H,16,17). The highest BCUT2D eigenvalue weighted by molar-refractivity contribution is 7.89. The molecular weight excluding hydrogens is 286 g/mol. The highest BCUT2D eigenvalue weighted by Gasteiger charge is 2.24. The summed E-state index contributed by atoms with van der Waals surface area (Å²) < 4.78 is 27.7. The van der Waals surface area contributed by atoms with Gasteiger partial charge in [-0.05, 0) is 37.2 Å². The number of anilines is 1. The first-order valence-corrected chi connectivity index (χ1v) is 9.18. The van der Waals surface area contributed by atoms with Crippen molar-refractivity contribution in [1.29, 1.82) is 0 Å². The molecule has 0 radical (unpaired) electrons. The van der Waals surface area contributed by atoms with Gasteiger partial charge in [0.1, 0.15) is 4.90 Å². The first-order valence-electron chi connectivity index (χ1n) is 7.70. The molecule has 0 aliphatic heterocycles. The maximum absolute atomic E-state index is 12.5. The third kappa shape index (κ3) is 4.41. The number of sulfonamides is 1. The average Bonchev–Trinajstić information content (AvgIpc) is 2.89. The van der Waals surface area contributed by atoms with Crippen LogP contribution in [0, 0.1) is 11.8 Å². The molecule has 0 amide bonds. The summed E-state index contributed by atoms with van der Waals surface area (Å²) in [4.78, 5) is 4.19. The van der Waals surface area contributed by atoms with Crippen molar-refractivity contribution >= 4 is 15.7 Å². The van der Waals surface area contributed by atoms with E-state index >= 15 is 0 Å². The predicted molar refractivity (Wildman–Crippen MR) is 84.7 cm³/mol. The summed E-state index contributed by atoms with van der Waals surface area (Å²) >= 11 is 0. The summed E-state index contributed by atoms with van der Waals surface area (Å²) in [6.45, 7) is 5.53. The summed E-state index contributed by atoms with van der Waals surface area (Å²) in [5, 5.41) is 3.14. The first-order chi connectivity index (χ1) is 10.0. The van der Waals surface area contributed by atoms with Crippen LogP contribution in [0.15, 0.2) is 23.4 Å². The smallest absolute Gasteiger partial charge is 0.244 e. The first kappa shape index (κ1) is 16.2. The van der Waals surface area contributed by atoms with Gasteiger partial charge in [-0.3, -0.25) is 4.98 Å². The average molecular weight is 311 g/mol. The van der Waals surface area contributed by atoms with E-state index in [-0.39, 0.29) is 4.90 Å². The van der Waals surface area contributed by atoms with Gasteiger partial charge in [0.2, 0.25) is 10.0 Å². The van der Waals surface area contributed by atoms with E-state index in [1.807, 2.05) is 6.92 Å². The van der Waals surface area contributed by atoms with Crippen LogP contribution >= 0.6 is 0 Å². The Labute approximate surface area is 127 Å². The van der Waals surface area contributed by atoms with Crippen molar-refractivity contribution in [3.63, 3.8) is 0 Å². The van der Waals surface area contributed by atoms with E-state index in [1.165, 1.54) is 12.6 Å². The number of nitrogens with one attached hydrogen (secondary N) is 2. The van der Waals surface area contributed by atoms with Gasteiger partial charge >= 0.3 is 0 Å². The molecule has 2 N–H and O–H groups in total. The zero-order valence-corrected chi connectivity index (χ0v) is 13.6. The van der Waals surface area contributed by atoms with Crippen LogP contribution in [0.4, 0.5) is 5.69 Å². The van der Waals surface area contributed by atoms with Gasteiger partial charge in [0, 0.05) is 25.5 Å². The summed E-state index contributed by atoms with van der Waals surface area (Å²) in [7, 11) is -3.50. The van der Waals surface area contributed by atoms with Crippen LogP contribution in [0.1, 0.15) is 39.5 Å². The molecule has 1 aromatic heterocycles. The second kappa shape index (κ2) is 7.22. The fourth-order valence-electron chi connectivity index (χ4n) is 2.82. The number of hydrogen-bond acceptors (Lipinski definition) is 4. The van der Waals surface area contributed by atoms with Gasteiger partial charge in [0.05, 0.1) is 5.69 Å². The van der Waals surface area contributed by atoms with Crippen molar-refractivity contribution in [3.05, 3.63) is 18.5 Å². The molecule has 1 aliphatic carbocycles. The van der Waals surface area contributed by atoms with E-state index in [4.69, 9.17) is 0 Å². The lowest BCUT2D eigenvalue weighted by atomic mass is 10.1. The maximum Gasteiger partial charge on any atom is 0.244 e. The van der Waals surface area contributed by atoms with Crippen LogP contribution in [-0.2, 0) is 10.0 Å². The molecule has 0 bridgehead atoms. The summed E-state index contributed by atoms with van der Waals surface area (Å²) in [6.07, 6.45) is 7.37. The molecule has 6 heteroatoms. The highest BCUT2D eigenvalue weighted by Crippen LogP contribution is 2.30. The van der Waals surface area contributed by atoms with Crippen LogP contribution < -0.4 is 10.0 Å². The maximum atomic E-state index is 12.5. The SMILES string of the molecule is CCCNc1ccncc1S(=O)(=O)NCC1CCC(C)C1. The normalized spacial score (nSPS) is 22.4. The Hall–Kier alpha value is -1.14. The minimum Gasteiger partial charge on any atom is -0.384 e. The Kier molecular flexibility index (Phi) is 5.58. The van der Waals surface area contributed by atoms with E-state index in [1.54, 1.807) is 12.3 Å². The summed E-state index contributed by atoms with van der Waals surface area (Å²) in [6, 6.07) is 1.71. The molecule has 1 aliphatic rings. The molecule has 1 heterocycles. The van der Waals surface area contributed by atoms with Crippen LogP contribution in [-0.4, -0.2) is 26.5 Å². The monoisotopic (exact) mass is 311 g/mol. The molecule has 0 saturated heterocycles. The molecule has 21 heavy (non-hydrogen) atoms. The molecule has 118 valence electrons. The lowest BCUT2D eigenvalue weighted by Crippen LogP contribution is -2.29. The molecule has 5 nitrogen and oxygen atoms in total. The van der Waals surface area contributed by atoms with Gasteiger partial charge in [-0.2, -0.15) is 0 Å². The summed E-state index contributed by atoms with van der Waals surface area (Å²) in [5.74, 6) is 1.16. The number of pyridine rings is 1. The van der Waals surface area contributed by atoms with E-state index in [9.17, 15) is 8.42 Å². The molecule has 2 unspecified atom stereocenters. The Balaban J connectivity index is 2.05. The summed E-state index contributed by atoms with van der Waals surface area (Å²) in [5.41, 5.74) is 0.624. The van der Waals surface area contributed by atoms with Crippen molar-refractivity contribution in [1.82, 2.24) is 9.71 Å². The molecule has 1 aromatic rings. The van der Waals surface area contributed by atoms with Crippen molar-refractivity contribution in [3.8, 4) is 0 Å². The van der Waals surface area contributed by atoms with Crippen LogP contribution in [0.2, 0.25) is 0 Å². The molecule has 1 saturated carbocycles. The third-order valence-electron chi connectivity index (χ3n) is 4.00. The Morgan fingerprint density at radius 1 is 1.38 bits per heavy atom. The zero-order chi connectivity index (χ0) is 15.3. The Morgan fingerprint density at radius 3 is 2.86 bits per heavy atom. The van der Waals surface area contributed by atoms with Crippen molar-refractivity contribution in [2.75, 3.05) is 18.4 Å². The molecular formula is C15H25N3O2S. The van der Waals surface area contributed by atoms with Crippen molar-refractivity contribution in [2.24, 2.45) is 11.8 Å². The lowest BCUT2D eigenvalue weighted by molar-refractivity contribution is 0.498. The fourth-order valence-corrected chi connectivity index (χ4v) is 4.06. The second-order valence-electron chi connectivity index (χ2n) is 5.93. The van der Waals surface area contributed by atoms with Gasteiger partial charge in [-0.25, -0.2) is 13.1 Å². The quantitative estimate of drug-likeness (QED) is 0.812. The second-order valence-corrected chi connectivity index (χ2v) is 7.67. The van der Waals surface area contributed by atoms with Crippen molar-refractivity contribution in [2.45, 2.75) is 44.4 Å². The van der Waals surface area contributed by atoms with Crippen molar-refractivity contribution < 1.29 is 8.42 Å². The molecule has 0 aromatic carbocycles. The number of aromatic nitrogens is 1. The highest BCUT2D eigenvalue weighted by atomic mass is 32.2. The van der Waals surface area contributed by atoms with Gasteiger partial charge in [0.25, 0.3) is 0 Å². The predicted octanol–water partition coefficient (Wildman–Crippen LogP) is 2.62.